The summed E-state index contributed by atoms with van der Waals surface area (Å²) in [5.74, 6) is 0.0927. The highest BCUT2D eigenvalue weighted by Crippen LogP contribution is 2.31. The molecule has 1 unspecified atom stereocenters. The number of nitrogens with one attached hydrogen (secondary N) is 1. The summed E-state index contributed by atoms with van der Waals surface area (Å²) < 4.78 is 15.2. The molecule has 0 aliphatic carbocycles. The van der Waals surface area contributed by atoms with Crippen LogP contribution in [-0.2, 0) is 11.3 Å². The normalized spacial score (nSPS) is 16.1. The van der Waals surface area contributed by atoms with Crippen molar-refractivity contribution in [2.24, 2.45) is 5.92 Å². The summed E-state index contributed by atoms with van der Waals surface area (Å²) in [5, 5.41) is 8.32. The largest absolute Gasteiger partial charge is 0.354 e. The fourth-order valence-electron chi connectivity index (χ4n) is 4.32. The number of rotatable bonds is 5. The molecule has 5 rings (SSSR count). The van der Waals surface area contributed by atoms with E-state index in [9.17, 15) is 9.18 Å². The lowest BCUT2D eigenvalue weighted by Crippen LogP contribution is -2.43. The van der Waals surface area contributed by atoms with Crippen molar-refractivity contribution >= 4 is 40.4 Å². The molecule has 1 amide bonds. The number of hydrogen-bond donors (Lipinski definition) is 1. The van der Waals surface area contributed by atoms with Crippen LogP contribution in [0.5, 0.6) is 0 Å². The molecule has 6 nitrogen and oxygen atoms in total. The van der Waals surface area contributed by atoms with Crippen LogP contribution >= 0.6 is 23.2 Å². The third-order valence-corrected chi connectivity index (χ3v) is 6.68. The van der Waals surface area contributed by atoms with Crippen molar-refractivity contribution in [3.63, 3.8) is 0 Å². The molecule has 9 heteroatoms. The van der Waals surface area contributed by atoms with Crippen LogP contribution < -0.4 is 10.2 Å². The number of nitrogens with zero attached hydrogens (tertiary/aromatic N) is 4. The van der Waals surface area contributed by atoms with Crippen molar-refractivity contribution in [1.82, 2.24) is 19.9 Å². The molecule has 1 saturated heterocycles. The molecule has 3 heterocycles. The van der Waals surface area contributed by atoms with Gasteiger partial charge in [0, 0.05) is 37.6 Å². The first-order valence-electron chi connectivity index (χ1n) is 11.1. The third kappa shape index (κ3) is 4.58. The van der Waals surface area contributed by atoms with Crippen molar-refractivity contribution in [2.45, 2.75) is 19.4 Å². The molecule has 0 saturated carbocycles. The van der Waals surface area contributed by atoms with Gasteiger partial charge >= 0.3 is 0 Å². The number of benzene rings is 2. The van der Waals surface area contributed by atoms with Gasteiger partial charge in [-0.25, -0.2) is 13.9 Å². The molecule has 2 aromatic heterocycles. The topological polar surface area (TPSA) is 62.5 Å². The van der Waals surface area contributed by atoms with Crippen molar-refractivity contribution in [3.8, 4) is 11.3 Å². The predicted octanol–water partition coefficient (Wildman–Crippen LogP) is 5.38. The lowest BCUT2D eigenvalue weighted by molar-refractivity contribution is -0.125. The molecular weight excluding hydrogens is 476 g/mol. The van der Waals surface area contributed by atoms with E-state index in [1.165, 1.54) is 12.1 Å². The van der Waals surface area contributed by atoms with Crippen LogP contribution in [0.4, 0.5) is 10.2 Å². The summed E-state index contributed by atoms with van der Waals surface area (Å²) >= 11 is 12.2. The number of hydrogen-bond acceptors (Lipinski definition) is 4. The number of carbonyl (C=O) groups excluding carboxylic acids is 1. The number of piperidine rings is 1. The summed E-state index contributed by atoms with van der Waals surface area (Å²) in [5.41, 5.74) is 3.24. The van der Waals surface area contributed by atoms with Crippen LogP contribution in [0.15, 0.2) is 60.9 Å². The van der Waals surface area contributed by atoms with Gasteiger partial charge in [-0.05, 0) is 42.7 Å². The van der Waals surface area contributed by atoms with Crippen LogP contribution in [0, 0.1) is 11.7 Å². The summed E-state index contributed by atoms with van der Waals surface area (Å²) in [6.45, 7) is 1.65. The van der Waals surface area contributed by atoms with Gasteiger partial charge in [0.05, 0.1) is 21.7 Å². The lowest BCUT2D eigenvalue weighted by Gasteiger charge is -2.33. The van der Waals surface area contributed by atoms with Gasteiger partial charge in [-0.3, -0.25) is 4.79 Å². The number of fused-ring (bicyclic) bond motifs is 1. The summed E-state index contributed by atoms with van der Waals surface area (Å²) in [7, 11) is 0. The van der Waals surface area contributed by atoms with E-state index in [0.29, 0.717) is 18.1 Å². The summed E-state index contributed by atoms with van der Waals surface area (Å²) in [6, 6.07) is 14.0. The number of halogens is 3. The highest BCUT2D eigenvalue weighted by Gasteiger charge is 2.28. The second kappa shape index (κ2) is 9.60. The van der Waals surface area contributed by atoms with Gasteiger partial charge in [-0.2, -0.15) is 5.10 Å². The Labute approximate surface area is 206 Å². The molecule has 1 fully saturated rings. The fraction of sp³-hybridized carbons (Fsp3) is 0.240. The Morgan fingerprint density at radius 1 is 1.15 bits per heavy atom. The van der Waals surface area contributed by atoms with Crippen LogP contribution in [-0.4, -0.2) is 33.6 Å². The summed E-state index contributed by atoms with van der Waals surface area (Å²) in [4.78, 5) is 19.6. The minimum absolute atomic E-state index is 0.0395. The van der Waals surface area contributed by atoms with Gasteiger partial charge in [-0.1, -0.05) is 47.5 Å². The average Bonchev–Trinajstić information content (AvgIpc) is 3.29. The number of anilines is 1. The van der Waals surface area contributed by atoms with Crippen LogP contribution in [0.1, 0.15) is 18.4 Å². The maximum atomic E-state index is 13.4. The smallest absolute Gasteiger partial charge is 0.225 e. The first kappa shape index (κ1) is 22.6. The Kier molecular flexibility index (Phi) is 6.39. The molecule has 1 aliphatic rings. The Morgan fingerprint density at radius 2 is 2.00 bits per heavy atom. The van der Waals surface area contributed by atoms with E-state index >= 15 is 0 Å². The third-order valence-electron chi connectivity index (χ3n) is 6.06. The van der Waals surface area contributed by atoms with Crippen molar-refractivity contribution in [1.29, 1.82) is 0 Å². The average molecular weight is 498 g/mol. The second-order valence-electron chi connectivity index (χ2n) is 8.34. The maximum Gasteiger partial charge on any atom is 0.225 e. The van der Waals surface area contributed by atoms with E-state index in [1.807, 2.05) is 30.3 Å². The zero-order valence-electron chi connectivity index (χ0n) is 18.2. The molecule has 34 heavy (non-hydrogen) atoms. The molecule has 1 N–H and O–H groups in total. The SMILES string of the molecule is O=C(NCc1ccc(F)c(Cl)c1)C1CCCN(c2nccn3nc(-c4ccccc4Cl)cc23)C1. The van der Waals surface area contributed by atoms with Gasteiger partial charge in [0.15, 0.2) is 5.82 Å². The van der Waals surface area contributed by atoms with Gasteiger partial charge in [0.25, 0.3) is 0 Å². The number of amides is 1. The van der Waals surface area contributed by atoms with E-state index in [1.54, 1.807) is 23.0 Å². The van der Waals surface area contributed by atoms with Crippen molar-refractivity contribution in [3.05, 3.63) is 82.4 Å². The van der Waals surface area contributed by atoms with Gasteiger partial charge in [0.2, 0.25) is 5.91 Å². The standard InChI is InChI=1S/C25H22Cl2FN5O/c26-19-6-2-1-5-18(19)22-13-23-24(29-9-11-33(23)31-22)32-10-3-4-17(15-32)25(34)30-14-16-7-8-21(28)20(27)12-16/h1-2,5-9,11-13,17H,3-4,10,14-15H2,(H,30,34). The monoisotopic (exact) mass is 497 g/mol. The number of aromatic nitrogens is 3. The second-order valence-corrected chi connectivity index (χ2v) is 9.16. The molecule has 174 valence electrons. The lowest BCUT2D eigenvalue weighted by atomic mass is 9.97. The van der Waals surface area contributed by atoms with Crippen molar-refractivity contribution < 1.29 is 9.18 Å². The number of carbonyl (C=O) groups is 1. The van der Waals surface area contributed by atoms with E-state index in [2.05, 4.69) is 20.3 Å². The van der Waals surface area contributed by atoms with E-state index in [0.717, 1.165) is 47.5 Å². The Bertz CT molecular complexity index is 1360. The molecular formula is C25H22Cl2FN5O. The van der Waals surface area contributed by atoms with Crippen LogP contribution in [0.2, 0.25) is 10.0 Å². The minimum atomic E-state index is -0.473. The van der Waals surface area contributed by atoms with Gasteiger partial charge in [0.1, 0.15) is 11.3 Å². The first-order chi connectivity index (χ1) is 16.5. The molecule has 4 aromatic rings. The van der Waals surface area contributed by atoms with Gasteiger partial charge < -0.3 is 10.2 Å². The predicted molar refractivity (Wildman–Crippen MR) is 132 cm³/mol. The van der Waals surface area contributed by atoms with Crippen LogP contribution in [0.3, 0.4) is 0 Å². The maximum absolute atomic E-state index is 13.4. The highest BCUT2D eigenvalue weighted by molar-refractivity contribution is 6.33. The molecule has 0 radical (unpaired) electrons. The zero-order valence-corrected chi connectivity index (χ0v) is 19.7. The minimum Gasteiger partial charge on any atom is -0.354 e. The quantitative estimate of drug-likeness (QED) is 0.402. The molecule has 1 atom stereocenters. The first-order valence-corrected chi connectivity index (χ1v) is 11.8. The van der Waals surface area contributed by atoms with Crippen molar-refractivity contribution in [2.75, 3.05) is 18.0 Å². The van der Waals surface area contributed by atoms with E-state index in [4.69, 9.17) is 23.2 Å². The molecule has 2 aromatic carbocycles. The molecule has 0 spiro atoms. The Morgan fingerprint density at radius 3 is 2.82 bits per heavy atom. The van der Waals surface area contributed by atoms with Gasteiger partial charge in [-0.15, -0.1) is 0 Å². The highest BCUT2D eigenvalue weighted by atomic mass is 35.5. The summed E-state index contributed by atoms with van der Waals surface area (Å²) in [6.07, 6.45) is 5.18. The molecule has 0 bridgehead atoms. The fourth-order valence-corrected chi connectivity index (χ4v) is 4.75. The van der Waals surface area contributed by atoms with Crippen LogP contribution in [0.25, 0.3) is 16.8 Å². The van der Waals surface area contributed by atoms with E-state index in [-0.39, 0.29) is 16.8 Å². The molecule has 1 aliphatic heterocycles. The Balaban J connectivity index is 1.33. The van der Waals surface area contributed by atoms with E-state index < -0.39 is 5.82 Å². The Hall–Kier alpha value is -3.16. The zero-order chi connectivity index (χ0) is 23.7.